The van der Waals surface area contributed by atoms with Gasteiger partial charge in [-0.2, -0.15) is 5.10 Å². The van der Waals surface area contributed by atoms with E-state index in [1.807, 2.05) is 15.9 Å². The molecule has 142 valence electrons. The van der Waals surface area contributed by atoms with Crippen molar-refractivity contribution in [3.63, 3.8) is 0 Å². The van der Waals surface area contributed by atoms with Crippen molar-refractivity contribution in [3.8, 4) is 0 Å². The second-order valence-corrected chi connectivity index (χ2v) is 8.14. The van der Waals surface area contributed by atoms with Gasteiger partial charge in [0.25, 0.3) is 0 Å². The summed E-state index contributed by atoms with van der Waals surface area (Å²) in [5, 5.41) is 7.33. The summed E-state index contributed by atoms with van der Waals surface area (Å²) in [6, 6.07) is 0.341. The predicted molar refractivity (Wildman–Crippen MR) is 93.4 cm³/mol. The van der Waals surface area contributed by atoms with E-state index in [0.717, 1.165) is 31.8 Å². The molecule has 1 spiro atoms. The zero-order valence-corrected chi connectivity index (χ0v) is 15.3. The van der Waals surface area contributed by atoms with Crippen molar-refractivity contribution >= 4 is 12.3 Å². The summed E-state index contributed by atoms with van der Waals surface area (Å²) in [6.45, 7) is 2.13. The molecule has 1 atom stereocenters. The maximum atomic E-state index is 12.3. The molecule has 2 aliphatic carbocycles. The first kappa shape index (κ1) is 17.5. The lowest BCUT2D eigenvalue weighted by Gasteiger charge is -2.58. The highest BCUT2D eigenvalue weighted by atomic mass is 16.5. The Balaban J connectivity index is 1.19. The first-order chi connectivity index (χ1) is 12.6. The summed E-state index contributed by atoms with van der Waals surface area (Å²) in [5.41, 5.74) is 0.291. The van der Waals surface area contributed by atoms with Crippen LogP contribution >= 0.6 is 0 Å². The van der Waals surface area contributed by atoms with E-state index < -0.39 is 0 Å². The second kappa shape index (κ2) is 6.98. The largest absolute Gasteiger partial charge is 0.383 e. The van der Waals surface area contributed by atoms with Crippen LogP contribution < -0.4 is 5.32 Å². The molecule has 2 heterocycles. The Morgan fingerprint density at radius 3 is 2.88 bits per heavy atom. The molecule has 8 heteroatoms. The van der Waals surface area contributed by atoms with Gasteiger partial charge in [0.2, 0.25) is 12.3 Å². The lowest BCUT2D eigenvalue weighted by Crippen LogP contribution is -2.63. The number of hydrogen-bond donors (Lipinski definition) is 1. The summed E-state index contributed by atoms with van der Waals surface area (Å²) < 4.78 is 7.10. The number of nitrogens with one attached hydrogen (secondary N) is 1. The molecule has 26 heavy (non-hydrogen) atoms. The minimum Gasteiger partial charge on any atom is -0.383 e. The summed E-state index contributed by atoms with van der Waals surface area (Å²) >= 11 is 0. The standard InChI is InChI=1S/C18H27N5O3/c1-26-8-14(20-12-24)4-5-16(25)22-9-18(10-22)6-15(7-18)23-11-19-17(21-23)13-2-3-13/h11-15H,2-10H2,1H3,(H,20,24). The zero-order valence-electron chi connectivity index (χ0n) is 15.3. The molecule has 1 aromatic heterocycles. The molecule has 2 saturated carbocycles. The van der Waals surface area contributed by atoms with Crippen LogP contribution in [0.3, 0.4) is 0 Å². The molecule has 0 bridgehead atoms. The molecular weight excluding hydrogens is 334 g/mol. The Morgan fingerprint density at radius 1 is 1.46 bits per heavy atom. The minimum atomic E-state index is -0.0993. The van der Waals surface area contributed by atoms with Crippen molar-refractivity contribution in [2.45, 2.75) is 56.5 Å². The van der Waals surface area contributed by atoms with Crippen LogP contribution in [0.1, 0.15) is 56.3 Å². The van der Waals surface area contributed by atoms with Gasteiger partial charge in [0.15, 0.2) is 5.82 Å². The topological polar surface area (TPSA) is 89.3 Å². The fraction of sp³-hybridized carbons (Fsp3) is 0.778. The van der Waals surface area contributed by atoms with Gasteiger partial charge in [0, 0.05) is 38.0 Å². The number of likely N-dealkylation sites (tertiary alicyclic amines) is 1. The van der Waals surface area contributed by atoms with Crippen LogP contribution in [-0.2, 0) is 14.3 Å². The molecule has 1 aliphatic heterocycles. The van der Waals surface area contributed by atoms with E-state index in [9.17, 15) is 9.59 Å². The van der Waals surface area contributed by atoms with Gasteiger partial charge in [0.1, 0.15) is 6.33 Å². The fourth-order valence-electron chi connectivity index (χ4n) is 4.29. The molecule has 8 nitrogen and oxygen atoms in total. The highest BCUT2D eigenvalue weighted by Gasteiger charge is 2.54. The molecule has 4 rings (SSSR count). The van der Waals surface area contributed by atoms with Crippen molar-refractivity contribution in [2.75, 3.05) is 26.8 Å². The lowest BCUT2D eigenvalue weighted by molar-refractivity contribution is -0.154. The fourth-order valence-corrected chi connectivity index (χ4v) is 4.29. The number of methoxy groups -OCH3 is 1. The normalized spacial score (nSPS) is 22.6. The number of carbonyl (C=O) groups excluding carboxylic acids is 2. The lowest BCUT2D eigenvalue weighted by atomic mass is 9.60. The Hall–Kier alpha value is -1.96. The van der Waals surface area contributed by atoms with E-state index >= 15 is 0 Å². The van der Waals surface area contributed by atoms with E-state index in [4.69, 9.17) is 4.74 Å². The summed E-state index contributed by atoms with van der Waals surface area (Å²) in [5.74, 6) is 1.77. The van der Waals surface area contributed by atoms with Crippen LogP contribution in [0, 0.1) is 5.41 Å². The summed E-state index contributed by atoms with van der Waals surface area (Å²) in [7, 11) is 1.59. The van der Waals surface area contributed by atoms with Crippen molar-refractivity contribution in [3.05, 3.63) is 12.2 Å². The molecule has 0 aromatic carbocycles. The summed E-state index contributed by atoms with van der Waals surface area (Å²) in [4.78, 5) is 29.3. The maximum absolute atomic E-state index is 12.3. The van der Waals surface area contributed by atoms with Gasteiger partial charge in [-0.3, -0.25) is 9.59 Å². The third-order valence-corrected chi connectivity index (χ3v) is 5.96. The van der Waals surface area contributed by atoms with Crippen LogP contribution in [0.25, 0.3) is 0 Å². The average Bonchev–Trinajstić information content (AvgIpc) is 3.29. The number of rotatable bonds is 9. The Labute approximate surface area is 153 Å². The van der Waals surface area contributed by atoms with Gasteiger partial charge in [-0.1, -0.05) is 0 Å². The Bertz CT molecular complexity index is 658. The van der Waals surface area contributed by atoms with Gasteiger partial charge in [-0.15, -0.1) is 0 Å². The third-order valence-electron chi connectivity index (χ3n) is 5.96. The van der Waals surface area contributed by atoms with Crippen molar-refractivity contribution in [1.29, 1.82) is 0 Å². The zero-order chi connectivity index (χ0) is 18.1. The summed E-state index contributed by atoms with van der Waals surface area (Å²) in [6.07, 6.45) is 8.23. The molecule has 1 saturated heterocycles. The van der Waals surface area contributed by atoms with Crippen molar-refractivity contribution in [2.24, 2.45) is 5.41 Å². The number of ether oxygens (including phenoxy) is 1. The van der Waals surface area contributed by atoms with E-state index in [-0.39, 0.29) is 11.9 Å². The van der Waals surface area contributed by atoms with E-state index in [0.29, 0.717) is 43.2 Å². The van der Waals surface area contributed by atoms with Crippen molar-refractivity contribution in [1.82, 2.24) is 25.0 Å². The van der Waals surface area contributed by atoms with Crippen molar-refractivity contribution < 1.29 is 14.3 Å². The maximum Gasteiger partial charge on any atom is 0.222 e. The van der Waals surface area contributed by atoms with Gasteiger partial charge in [-0.05, 0) is 32.1 Å². The van der Waals surface area contributed by atoms with Crippen LogP contribution in [0.2, 0.25) is 0 Å². The molecule has 1 unspecified atom stereocenters. The van der Waals surface area contributed by atoms with Crippen LogP contribution in [-0.4, -0.2) is 64.8 Å². The first-order valence-electron chi connectivity index (χ1n) is 9.50. The third kappa shape index (κ3) is 3.47. The van der Waals surface area contributed by atoms with Crippen LogP contribution in [0.5, 0.6) is 0 Å². The SMILES string of the molecule is COCC(CCC(=O)N1CC2(CC(n3cnc(C4CC4)n3)C2)C1)NC=O. The molecule has 3 fully saturated rings. The van der Waals surface area contributed by atoms with Crippen LogP contribution in [0.15, 0.2) is 6.33 Å². The molecule has 3 aliphatic rings. The molecule has 1 N–H and O–H groups in total. The smallest absolute Gasteiger partial charge is 0.222 e. The number of amides is 2. The quantitative estimate of drug-likeness (QED) is 0.659. The van der Waals surface area contributed by atoms with E-state index in [1.54, 1.807) is 7.11 Å². The van der Waals surface area contributed by atoms with E-state index in [1.165, 1.54) is 12.8 Å². The molecule has 2 amide bonds. The minimum absolute atomic E-state index is 0.0993. The highest BCUT2D eigenvalue weighted by molar-refractivity contribution is 5.77. The molecule has 0 radical (unpaired) electrons. The first-order valence-corrected chi connectivity index (χ1v) is 9.50. The highest BCUT2D eigenvalue weighted by Crippen LogP contribution is 2.54. The molecular formula is C18H27N5O3. The number of hydrogen-bond acceptors (Lipinski definition) is 5. The Kier molecular flexibility index (Phi) is 4.69. The number of aromatic nitrogens is 3. The van der Waals surface area contributed by atoms with Crippen LogP contribution in [0.4, 0.5) is 0 Å². The van der Waals surface area contributed by atoms with E-state index in [2.05, 4.69) is 15.4 Å². The van der Waals surface area contributed by atoms with Gasteiger partial charge in [-0.25, -0.2) is 9.67 Å². The predicted octanol–water partition coefficient (Wildman–Crippen LogP) is 0.860. The average molecular weight is 361 g/mol. The van der Waals surface area contributed by atoms with Gasteiger partial charge in [0.05, 0.1) is 18.7 Å². The monoisotopic (exact) mass is 361 g/mol. The second-order valence-electron chi connectivity index (χ2n) is 8.14. The molecule has 1 aromatic rings. The number of nitrogens with zero attached hydrogens (tertiary/aromatic N) is 4. The van der Waals surface area contributed by atoms with Gasteiger partial charge >= 0.3 is 0 Å². The Morgan fingerprint density at radius 2 is 2.23 bits per heavy atom. The number of carbonyl (C=O) groups is 2. The van der Waals surface area contributed by atoms with Gasteiger partial charge < -0.3 is 15.0 Å².